The number of fused-ring (bicyclic) bond motifs is 1. The van der Waals surface area contributed by atoms with Gasteiger partial charge < -0.3 is 14.2 Å². The Hall–Kier alpha value is -4.99. The molecule has 0 aliphatic rings. The summed E-state index contributed by atoms with van der Waals surface area (Å²) >= 11 is 0. The number of nitro groups is 1. The molecule has 0 fully saturated rings. The minimum Gasteiger partial charge on any atom is -0.493 e. The molecule has 10 nitrogen and oxygen atoms in total. The van der Waals surface area contributed by atoms with E-state index in [1.807, 2.05) is 18.2 Å². The molecule has 0 unspecified atom stereocenters. The van der Waals surface area contributed by atoms with Crippen LogP contribution in [0.4, 0.5) is 5.69 Å². The maximum absolute atomic E-state index is 13.3. The number of pyridine rings is 1. The zero-order chi connectivity index (χ0) is 26.5. The van der Waals surface area contributed by atoms with Gasteiger partial charge in [-0.05, 0) is 31.2 Å². The number of hydrazone groups is 1. The summed E-state index contributed by atoms with van der Waals surface area (Å²) in [7, 11) is 4.57. The highest BCUT2D eigenvalue weighted by molar-refractivity contribution is 6.08. The van der Waals surface area contributed by atoms with Gasteiger partial charge in [0.25, 0.3) is 11.6 Å². The first-order valence-electron chi connectivity index (χ1n) is 11.2. The van der Waals surface area contributed by atoms with Crippen molar-refractivity contribution >= 4 is 28.2 Å². The van der Waals surface area contributed by atoms with Crippen molar-refractivity contribution in [3.05, 3.63) is 88.0 Å². The Kier molecular flexibility index (Phi) is 7.28. The summed E-state index contributed by atoms with van der Waals surface area (Å²) in [5.74, 6) is 0.889. The highest BCUT2D eigenvalue weighted by Crippen LogP contribution is 2.41. The van der Waals surface area contributed by atoms with Crippen LogP contribution in [-0.2, 0) is 0 Å². The van der Waals surface area contributed by atoms with Gasteiger partial charge in [0.05, 0.1) is 48.7 Å². The Bertz CT molecular complexity index is 1510. The SMILES string of the molecule is COc1cc(-c2cc(C(=O)N/N=C(\C)c3cccc([N+](=O)[O-])c3)c3ccccc3n2)cc(OC)c1OC. The topological polar surface area (TPSA) is 125 Å². The zero-order valence-electron chi connectivity index (χ0n) is 20.6. The predicted molar refractivity (Wildman–Crippen MR) is 140 cm³/mol. The highest BCUT2D eigenvalue weighted by atomic mass is 16.6. The van der Waals surface area contributed by atoms with Crippen LogP contribution in [-0.4, -0.2) is 42.9 Å². The second-order valence-corrected chi connectivity index (χ2v) is 7.93. The maximum Gasteiger partial charge on any atom is 0.272 e. The van der Waals surface area contributed by atoms with Crippen LogP contribution in [0, 0.1) is 10.1 Å². The Morgan fingerprint density at radius 3 is 2.30 bits per heavy atom. The van der Waals surface area contributed by atoms with Crippen molar-refractivity contribution in [3.8, 4) is 28.5 Å². The van der Waals surface area contributed by atoms with Gasteiger partial charge in [-0.1, -0.05) is 30.3 Å². The standard InChI is InChI=1S/C27H24N4O6/c1-16(17-8-7-9-19(12-17)31(33)34)29-30-27(32)21-15-23(28-22-11-6-5-10-20(21)22)18-13-24(35-2)26(37-4)25(14-18)36-3/h5-15H,1-4H3,(H,30,32)/b29-16+. The summed E-state index contributed by atoms with van der Waals surface area (Å²) in [6.45, 7) is 1.66. The van der Waals surface area contributed by atoms with E-state index in [1.165, 1.54) is 33.5 Å². The third-order valence-electron chi connectivity index (χ3n) is 5.72. The number of hydrogen-bond donors (Lipinski definition) is 1. The number of benzene rings is 3. The fraction of sp³-hybridized carbons (Fsp3) is 0.148. The van der Waals surface area contributed by atoms with Crippen molar-refractivity contribution in [2.45, 2.75) is 6.92 Å². The lowest BCUT2D eigenvalue weighted by molar-refractivity contribution is -0.384. The summed E-state index contributed by atoms with van der Waals surface area (Å²) in [6.07, 6.45) is 0. The number of nitro benzene ring substituents is 1. The number of aromatic nitrogens is 1. The zero-order valence-corrected chi connectivity index (χ0v) is 20.6. The molecule has 4 aromatic rings. The number of nitrogens with one attached hydrogen (secondary N) is 1. The number of hydrogen-bond acceptors (Lipinski definition) is 8. The summed E-state index contributed by atoms with van der Waals surface area (Å²) in [5.41, 5.74) is 5.57. The van der Waals surface area contributed by atoms with Crippen LogP contribution >= 0.6 is 0 Å². The van der Waals surface area contributed by atoms with E-state index < -0.39 is 10.8 Å². The second-order valence-electron chi connectivity index (χ2n) is 7.93. The molecule has 37 heavy (non-hydrogen) atoms. The number of rotatable bonds is 8. The van der Waals surface area contributed by atoms with Crippen molar-refractivity contribution < 1.29 is 23.9 Å². The van der Waals surface area contributed by atoms with Crippen LogP contribution in [0.25, 0.3) is 22.2 Å². The molecule has 1 amide bonds. The molecule has 0 saturated heterocycles. The van der Waals surface area contributed by atoms with E-state index >= 15 is 0 Å². The molecule has 0 atom stereocenters. The van der Waals surface area contributed by atoms with E-state index in [1.54, 1.807) is 43.3 Å². The fourth-order valence-electron chi connectivity index (χ4n) is 3.84. The van der Waals surface area contributed by atoms with Crippen molar-refractivity contribution in [3.63, 3.8) is 0 Å². The molecule has 10 heteroatoms. The van der Waals surface area contributed by atoms with Gasteiger partial charge in [0.15, 0.2) is 11.5 Å². The molecular weight excluding hydrogens is 476 g/mol. The summed E-state index contributed by atoms with van der Waals surface area (Å²) in [5, 5.41) is 15.9. The number of carbonyl (C=O) groups excluding carboxylic acids is 1. The minimum atomic E-state index is -0.483. The molecule has 0 saturated carbocycles. The number of nitrogens with zero attached hydrogens (tertiary/aromatic N) is 3. The molecule has 4 rings (SSSR count). The van der Waals surface area contributed by atoms with Gasteiger partial charge in [-0.15, -0.1) is 0 Å². The molecule has 0 spiro atoms. The Morgan fingerprint density at radius 1 is 0.946 bits per heavy atom. The molecule has 0 aliphatic heterocycles. The second kappa shape index (κ2) is 10.7. The van der Waals surface area contributed by atoms with Gasteiger partial charge in [-0.25, -0.2) is 10.4 Å². The largest absolute Gasteiger partial charge is 0.493 e. The van der Waals surface area contributed by atoms with Crippen LogP contribution in [0.2, 0.25) is 0 Å². The number of methoxy groups -OCH3 is 3. The van der Waals surface area contributed by atoms with Gasteiger partial charge in [0.1, 0.15) is 0 Å². The number of amides is 1. The van der Waals surface area contributed by atoms with E-state index in [9.17, 15) is 14.9 Å². The predicted octanol–water partition coefficient (Wildman–Crippen LogP) is 4.99. The third-order valence-corrected chi connectivity index (χ3v) is 5.72. The van der Waals surface area contributed by atoms with Gasteiger partial charge in [-0.2, -0.15) is 5.10 Å². The van der Waals surface area contributed by atoms with Crippen molar-refractivity contribution in [1.29, 1.82) is 0 Å². The molecular formula is C27H24N4O6. The Morgan fingerprint density at radius 2 is 1.65 bits per heavy atom. The number of carbonyl (C=O) groups is 1. The fourth-order valence-corrected chi connectivity index (χ4v) is 3.84. The van der Waals surface area contributed by atoms with E-state index in [4.69, 9.17) is 19.2 Å². The Labute approximate surface area is 212 Å². The van der Waals surface area contributed by atoms with Crippen molar-refractivity contribution in [1.82, 2.24) is 10.4 Å². The maximum atomic E-state index is 13.3. The summed E-state index contributed by atoms with van der Waals surface area (Å²) in [6, 6.07) is 18.5. The lowest BCUT2D eigenvalue weighted by Gasteiger charge is -2.15. The van der Waals surface area contributed by atoms with E-state index in [0.29, 0.717) is 56.2 Å². The van der Waals surface area contributed by atoms with Crippen LogP contribution in [0.15, 0.2) is 71.8 Å². The monoisotopic (exact) mass is 500 g/mol. The van der Waals surface area contributed by atoms with Gasteiger partial charge >= 0.3 is 0 Å². The van der Waals surface area contributed by atoms with Crippen LogP contribution in [0.1, 0.15) is 22.8 Å². The van der Waals surface area contributed by atoms with Crippen LogP contribution in [0.3, 0.4) is 0 Å². The van der Waals surface area contributed by atoms with E-state index in [2.05, 4.69) is 10.5 Å². The Balaban J connectivity index is 1.75. The molecule has 0 radical (unpaired) electrons. The molecule has 1 N–H and O–H groups in total. The lowest BCUT2D eigenvalue weighted by Crippen LogP contribution is -2.20. The third kappa shape index (κ3) is 5.18. The van der Waals surface area contributed by atoms with E-state index in [0.717, 1.165) is 0 Å². The van der Waals surface area contributed by atoms with Crippen LogP contribution in [0.5, 0.6) is 17.2 Å². The summed E-state index contributed by atoms with van der Waals surface area (Å²) < 4.78 is 16.3. The average Bonchev–Trinajstić information content (AvgIpc) is 2.94. The minimum absolute atomic E-state index is 0.0616. The van der Waals surface area contributed by atoms with Crippen molar-refractivity contribution in [2.24, 2.45) is 5.10 Å². The summed E-state index contributed by atoms with van der Waals surface area (Å²) in [4.78, 5) is 28.6. The van der Waals surface area contributed by atoms with Crippen LogP contribution < -0.4 is 19.6 Å². The first-order chi connectivity index (χ1) is 17.9. The van der Waals surface area contributed by atoms with E-state index in [-0.39, 0.29) is 5.69 Å². The lowest BCUT2D eigenvalue weighted by atomic mass is 10.0. The number of ether oxygens (including phenoxy) is 3. The van der Waals surface area contributed by atoms with Crippen molar-refractivity contribution in [2.75, 3.05) is 21.3 Å². The molecule has 1 aromatic heterocycles. The first kappa shape index (κ1) is 25.1. The molecule has 0 aliphatic carbocycles. The van der Waals surface area contributed by atoms with Gasteiger partial charge in [-0.3, -0.25) is 14.9 Å². The highest BCUT2D eigenvalue weighted by Gasteiger charge is 2.18. The quantitative estimate of drug-likeness (QED) is 0.205. The molecule has 1 heterocycles. The first-order valence-corrected chi connectivity index (χ1v) is 11.2. The normalized spacial score (nSPS) is 11.2. The molecule has 3 aromatic carbocycles. The number of non-ortho nitro benzene ring substituents is 1. The smallest absolute Gasteiger partial charge is 0.272 e. The molecule has 0 bridgehead atoms. The number of para-hydroxylation sites is 1. The van der Waals surface area contributed by atoms with Gasteiger partial charge in [0, 0.05) is 28.6 Å². The molecule has 188 valence electrons. The van der Waals surface area contributed by atoms with Gasteiger partial charge in [0.2, 0.25) is 5.75 Å². The average molecular weight is 501 g/mol.